The van der Waals surface area contributed by atoms with Gasteiger partial charge in [-0.2, -0.15) is 0 Å². The van der Waals surface area contributed by atoms with Crippen molar-refractivity contribution in [2.45, 2.75) is 4.90 Å². The molecule has 0 radical (unpaired) electrons. The third-order valence-corrected chi connectivity index (χ3v) is 5.43. The monoisotopic (exact) mass is 346 g/mol. The van der Waals surface area contributed by atoms with Gasteiger partial charge < -0.3 is 10.4 Å². The molecule has 0 unspecified atom stereocenters. The number of benzene rings is 1. The van der Waals surface area contributed by atoms with Crippen LogP contribution in [-0.4, -0.2) is 61.9 Å². The molecule has 1 rings (SSSR count). The Morgan fingerprint density at radius 3 is 2.32 bits per heavy atom. The number of sulfonamides is 1. The lowest BCUT2D eigenvalue weighted by atomic mass is 10.2. The molecule has 0 fully saturated rings. The number of hydrogen-bond donors (Lipinski definition) is 2. The Hall–Kier alpha value is -1.58. The van der Waals surface area contributed by atoms with E-state index in [-0.39, 0.29) is 16.6 Å². The molecule has 1 amide bonds. The molecule has 0 aliphatic carbocycles. The van der Waals surface area contributed by atoms with E-state index in [0.717, 1.165) is 4.31 Å². The lowest BCUT2D eigenvalue weighted by Gasteiger charge is -2.11. The molecule has 1 aromatic rings. The molecule has 9 heteroatoms. The molecular formula is C13H18N2O5S2. The first-order valence-corrected chi connectivity index (χ1v) is 8.95. The molecule has 0 bridgehead atoms. The molecule has 0 aromatic heterocycles. The summed E-state index contributed by atoms with van der Waals surface area (Å²) < 4.78 is 24.9. The Bertz CT molecular complexity index is 626. The predicted molar refractivity (Wildman–Crippen MR) is 84.6 cm³/mol. The number of carbonyl (C=O) groups excluding carboxylic acids is 1. The van der Waals surface area contributed by atoms with Crippen LogP contribution in [0.25, 0.3) is 0 Å². The van der Waals surface area contributed by atoms with Gasteiger partial charge in [-0.1, -0.05) is 0 Å². The fourth-order valence-corrected chi connectivity index (χ4v) is 2.95. The summed E-state index contributed by atoms with van der Waals surface area (Å²) in [6.45, 7) is 0.342. The van der Waals surface area contributed by atoms with Crippen molar-refractivity contribution >= 4 is 33.7 Å². The van der Waals surface area contributed by atoms with E-state index in [2.05, 4.69) is 5.32 Å². The summed E-state index contributed by atoms with van der Waals surface area (Å²) in [5, 5.41) is 11.1. The Morgan fingerprint density at radius 2 is 1.82 bits per heavy atom. The van der Waals surface area contributed by atoms with Crippen LogP contribution in [-0.2, 0) is 14.8 Å². The van der Waals surface area contributed by atoms with E-state index in [1.807, 2.05) is 0 Å². The van der Waals surface area contributed by atoms with Gasteiger partial charge in [-0.05, 0) is 24.3 Å². The second-order valence-electron chi connectivity index (χ2n) is 4.51. The molecule has 7 nitrogen and oxygen atoms in total. The van der Waals surface area contributed by atoms with Crippen LogP contribution in [0.3, 0.4) is 0 Å². The Labute approximate surface area is 133 Å². The topological polar surface area (TPSA) is 104 Å². The maximum atomic E-state index is 11.9. The number of amides is 1. The van der Waals surface area contributed by atoms with Gasteiger partial charge in [-0.15, -0.1) is 11.8 Å². The van der Waals surface area contributed by atoms with E-state index in [4.69, 9.17) is 5.11 Å². The van der Waals surface area contributed by atoms with Crippen molar-refractivity contribution in [3.63, 3.8) is 0 Å². The maximum absolute atomic E-state index is 11.9. The quantitative estimate of drug-likeness (QED) is 0.664. The predicted octanol–water partition coefficient (Wildman–Crippen LogP) is 0.485. The number of carboxylic acid groups (broad SMARTS) is 1. The largest absolute Gasteiger partial charge is 0.481 e. The van der Waals surface area contributed by atoms with Gasteiger partial charge in [0.15, 0.2) is 0 Å². The number of carboxylic acids is 1. The van der Waals surface area contributed by atoms with Crippen molar-refractivity contribution in [3.05, 3.63) is 29.8 Å². The number of hydrogen-bond acceptors (Lipinski definition) is 5. The summed E-state index contributed by atoms with van der Waals surface area (Å²) in [5.41, 5.74) is 0.348. The molecule has 22 heavy (non-hydrogen) atoms. The van der Waals surface area contributed by atoms with Crippen molar-refractivity contribution in [3.8, 4) is 0 Å². The summed E-state index contributed by atoms with van der Waals surface area (Å²) in [5.74, 6) is -0.739. The van der Waals surface area contributed by atoms with Crippen molar-refractivity contribution in [2.24, 2.45) is 0 Å². The summed E-state index contributed by atoms with van der Waals surface area (Å²) in [7, 11) is -0.639. The highest BCUT2D eigenvalue weighted by Gasteiger charge is 2.17. The van der Waals surface area contributed by atoms with Crippen LogP contribution in [0.5, 0.6) is 0 Å². The molecule has 0 aliphatic rings. The van der Waals surface area contributed by atoms with Crippen LogP contribution in [0, 0.1) is 0 Å². The van der Waals surface area contributed by atoms with Gasteiger partial charge in [0.25, 0.3) is 5.91 Å². The van der Waals surface area contributed by atoms with E-state index < -0.39 is 16.0 Å². The fourth-order valence-electron chi connectivity index (χ4n) is 1.49. The van der Waals surface area contributed by atoms with Crippen LogP contribution in [0.4, 0.5) is 0 Å². The molecule has 1 aromatic carbocycles. The molecule has 0 saturated carbocycles. The second kappa shape index (κ2) is 8.16. The average molecular weight is 346 g/mol. The zero-order valence-electron chi connectivity index (χ0n) is 12.3. The number of nitrogens with one attached hydrogen (secondary N) is 1. The zero-order valence-corrected chi connectivity index (χ0v) is 13.9. The number of rotatable bonds is 8. The van der Waals surface area contributed by atoms with Crippen LogP contribution in [0.1, 0.15) is 10.4 Å². The molecule has 0 saturated heterocycles. The minimum Gasteiger partial charge on any atom is -0.481 e. The van der Waals surface area contributed by atoms with Gasteiger partial charge in [0, 0.05) is 32.0 Å². The van der Waals surface area contributed by atoms with Crippen molar-refractivity contribution in [1.29, 1.82) is 0 Å². The van der Waals surface area contributed by atoms with E-state index >= 15 is 0 Å². The minimum absolute atomic E-state index is 0.00698. The lowest BCUT2D eigenvalue weighted by Crippen LogP contribution is -2.26. The smallest absolute Gasteiger partial charge is 0.313 e. The number of aliphatic carboxylic acids is 1. The first-order valence-electron chi connectivity index (χ1n) is 6.35. The number of thioether (sulfide) groups is 1. The fraction of sp³-hybridized carbons (Fsp3) is 0.385. The molecule has 0 atom stereocenters. The average Bonchev–Trinajstić information content (AvgIpc) is 2.46. The maximum Gasteiger partial charge on any atom is 0.313 e. The van der Waals surface area contributed by atoms with Crippen LogP contribution in [0.2, 0.25) is 0 Å². The van der Waals surface area contributed by atoms with Gasteiger partial charge in [0.1, 0.15) is 0 Å². The molecular weight excluding hydrogens is 328 g/mol. The zero-order chi connectivity index (χ0) is 16.8. The standard InChI is InChI=1S/C13H18N2O5S2/c1-15(2)22(19,20)11-5-3-10(4-6-11)13(18)14-7-8-21-9-12(16)17/h3-6H,7-9H2,1-2H3,(H,14,18)(H,16,17). The third-order valence-electron chi connectivity index (χ3n) is 2.65. The number of carbonyl (C=O) groups is 2. The first-order chi connectivity index (χ1) is 10.2. The van der Waals surface area contributed by atoms with Gasteiger partial charge in [0.05, 0.1) is 10.6 Å². The van der Waals surface area contributed by atoms with E-state index in [0.29, 0.717) is 17.9 Å². The molecule has 0 spiro atoms. The normalized spacial score (nSPS) is 11.4. The first kappa shape index (κ1) is 18.5. The molecule has 0 aliphatic heterocycles. The van der Waals surface area contributed by atoms with E-state index in [9.17, 15) is 18.0 Å². The van der Waals surface area contributed by atoms with Gasteiger partial charge >= 0.3 is 5.97 Å². The summed E-state index contributed by atoms with van der Waals surface area (Å²) >= 11 is 1.21. The lowest BCUT2D eigenvalue weighted by molar-refractivity contribution is -0.133. The van der Waals surface area contributed by atoms with Crippen LogP contribution in [0.15, 0.2) is 29.2 Å². The minimum atomic E-state index is -3.51. The highest BCUT2D eigenvalue weighted by atomic mass is 32.2. The van der Waals surface area contributed by atoms with Gasteiger partial charge in [-0.25, -0.2) is 12.7 Å². The third kappa shape index (κ3) is 5.32. The highest BCUT2D eigenvalue weighted by Crippen LogP contribution is 2.13. The SMILES string of the molecule is CN(C)S(=O)(=O)c1ccc(C(=O)NCCSCC(=O)O)cc1. The Kier molecular flexibility index (Phi) is 6.85. The van der Waals surface area contributed by atoms with E-state index in [1.54, 1.807) is 0 Å². The summed E-state index contributed by atoms with van der Waals surface area (Å²) in [4.78, 5) is 22.3. The molecule has 0 heterocycles. The van der Waals surface area contributed by atoms with Gasteiger partial charge in [0.2, 0.25) is 10.0 Å². The Balaban J connectivity index is 2.56. The number of nitrogens with zero attached hydrogens (tertiary/aromatic N) is 1. The van der Waals surface area contributed by atoms with Crippen LogP contribution < -0.4 is 5.32 Å². The summed E-state index contributed by atoms with van der Waals surface area (Å²) in [6, 6.07) is 5.64. The molecule has 2 N–H and O–H groups in total. The van der Waals surface area contributed by atoms with Gasteiger partial charge in [-0.3, -0.25) is 9.59 Å². The molecule has 122 valence electrons. The van der Waals surface area contributed by atoms with Crippen molar-refractivity contribution in [1.82, 2.24) is 9.62 Å². The Morgan fingerprint density at radius 1 is 1.23 bits per heavy atom. The van der Waals surface area contributed by atoms with Crippen LogP contribution >= 0.6 is 11.8 Å². The van der Waals surface area contributed by atoms with Crippen molar-refractivity contribution < 1.29 is 23.1 Å². The highest BCUT2D eigenvalue weighted by molar-refractivity contribution is 7.99. The van der Waals surface area contributed by atoms with E-state index in [1.165, 1.54) is 50.1 Å². The second-order valence-corrected chi connectivity index (χ2v) is 7.77. The van der Waals surface area contributed by atoms with Crippen molar-refractivity contribution in [2.75, 3.05) is 32.1 Å². The summed E-state index contributed by atoms with van der Waals surface area (Å²) in [6.07, 6.45) is 0.